The summed E-state index contributed by atoms with van der Waals surface area (Å²) < 4.78 is 0. The lowest BCUT2D eigenvalue weighted by Crippen LogP contribution is -2.43. The van der Waals surface area contributed by atoms with Gasteiger partial charge in [-0.3, -0.25) is 14.5 Å². The molecule has 0 radical (unpaired) electrons. The number of carbonyl (C=O) groups is 2. The van der Waals surface area contributed by atoms with Crippen molar-refractivity contribution in [1.82, 2.24) is 4.90 Å². The summed E-state index contributed by atoms with van der Waals surface area (Å²) in [7, 11) is 0. The molecule has 1 fully saturated rings. The van der Waals surface area contributed by atoms with Crippen LogP contribution in [0.1, 0.15) is 19.3 Å². The third kappa shape index (κ3) is 3.95. The van der Waals surface area contributed by atoms with Crippen molar-refractivity contribution in [3.8, 4) is 0 Å². The van der Waals surface area contributed by atoms with Crippen LogP contribution in [-0.2, 0) is 9.59 Å². The number of hydrogen-bond acceptors (Lipinski definition) is 3. The third-order valence-electron chi connectivity index (χ3n) is 3.36. The maximum Gasteiger partial charge on any atom is 0.305 e. The number of hydrogen-bond donors (Lipinski definition) is 2. The van der Waals surface area contributed by atoms with Crippen LogP contribution in [0, 0.1) is 0 Å². The van der Waals surface area contributed by atoms with Gasteiger partial charge in [0.2, 0.25) is 5.91 Å². The van der Waals surface area contributed by atoms with E-state index < -0.39 is 12.0 Å². The molecule has 1 saturated heterocycles. The summed E-state index contributed by atoms with van der Waals surface area (Å²) in [6.45, 7) is 1.54. The average Bonchev–Trinajstić information content (AvgIpc) is 2.92. The summed E-state index contributed by atoms with van der Waals surface area (Å²) in [4.78, 5) is 25.1. The van der Waals surface area contributed by atoms with E-state index in [0.29, 0.717) is 10.7 Å². The number of likely N-dealkylation sites (tertiary alicyclic amines) is 1. The number of amides is 1. The topological polar surface area (TPSA) is 69.6 Å². The highest BCUT2D eigenvalue weighted by molar-refractivity contribution is 6.30. The Bertz CT molecular complexity index is 484. The fourth-order valence-corrected chi connectivity index (χ4v) is 2.49. The van der Waals surface area contributed by atoms with Gasteiger partial charge < -0.3 is 10.4 Å². The lowest BCUT2D eigenvalue weighted by Gasteiger charge is -2.25. The first-order valence-corrected chi connectivity index (χ1v) is 6.96. The largest absolute Gasteiger partial charge is 0.481 e. The summed E-state index contributed by atoms with van der Waals surface area (Å²) >= 11 is 5.78. The van der Waals surface area contributed by atoms with E-state index in [1.165, 1.54) is 0 Å². The Morgan fingerprint density at radius 3 is 2.40 bits per heavy atom. The number of halogens is 1. The quantitative estimate of drug-likeness (QED) is 0.874. The molecule has 1 aromatic carbocycles. The number of nitrogens with zero attached hydrogens (tertiary/aromatic N) is 1. The molecule has 1 heterocycles. The van der Waals surface area contributed by atoms with Gasteiger partial charge in [-0.1, -0.05) is 11.6 Å². The van der Waals surface area contributed by atoms with E-state index in [1.54, 1.807) is 24.3 Å². The standard InChI is InChI=1S/C14H17ClN2O3/c15-10-3-5-11(6-4-10)16-14(20)12(9-13(18)19)17-7-1-2-8-17/h3-6,12H,1-2,7-9H2,(H,16,20)(H,18,19)/t12-/m1/s1. The van der Waals surface area contributed by atoms with Gasteiger partial charge in [0.05, 0.1) is 6.42 Å². The predicted molar refractivity (Wildman–Crippen MR) is 76.9 cm³/mol. The number of anilines is 1. The second-order valence-electron chi connectivity index (χ2n) is 4.85. The molecule has 1 aromatic rings. The molecule has 0 aromatic heterocycles. The SMILES string of the molecule is O=C(O)C[C@H](C(=O)Nc1ccc(Cl)cc1)N1CCCC1. The van der Waals surface area contributed by atoms with Crippen LogP contribution in [0.2, 0.25) is 5.02 Å². The molecule has 6 heteroatoms. The Labute approximate surface area is 122 Å². The molecule has 0 spiro atoms. The summed E-state index contributed by atoms with van der Waals surface area (Å²) in [5.41, 5.74) is 0.619. The Hall–Kier alpha value is -1.59. The highest BCUT2D eigenvalue weighted by Gasteiger charge is 2.30. The van der Waals surface area contributed by atoms with Crippen LogP contribution in [-0.4, -0.2) is 41.0 Å². The molecule has 0 aliphatic carbocycles. The third-order valence-corrected chi connectivity index (χ3v) is 3.62. The first-order chi connectivity index (χ1) is 9.56. The van der Waals surface area contributed by atoms with Gasteiger partial charge in [-0.25, -0.2) is 0 Å². The van der Waals surface area contributed by atoms with Crippen LogP contribution in [0.3, 0.4) is 0 Å². The van der Waals surface area contributed by atoms with E-state index in [2.05, 4.69) is 5.32 Å². The van der Waals surface area contributed by atoms with E-state index in [-0.39, 0.29) is 12.3 Å². The zero-order valence-electron chi connectivity index (χ0n) is 11.0. The molecule has 0 saturated carbocycles. The molecule has 1 atom stereocenters. The van der Waals surface area contributed by atoms with Crippen LogP contribution in [0.25, 0.3) is 0 Å². The Morgan fingerprint density at radius 1 is 1.25 bits per heavy atom. The molecular formula is C14H17ClN2O3. The summed E-state index contributed by atoms with van der Waals surface area (Å²) in [5, 5.41) is 12.3. The van der Waals surface area contributed by atoms with E-state index in [9.17, 15) is 9.59 Å². The zero-order chi connectivity index (χ0) is 14.5. The fraction of sp³-hybridized carbons (Fsp3) is 0.429. The molecule has 1 aliphatic rings. The second-order valence-corrected chi connectivity index (χ2v) is 5.29. The van der Waals surface area contributed by atoms with E-state index in [0.717, 1.165) is 25.9 Å². The minimum absolute atomic E-state index is 0.181. The molecule has 2 rings (SSSR count). The average molecular weight is 297 g/mol. The van der Waals surface area contributed by atoms with Crippen LogP contribution < -0.4 is 5.32 Å². The summed E-state index contributed by atoms with van der Waals surface area (Å²) in [5.74, 6) is -1.25. The number of carbonyl (C=O) groups excluding carboxylic acids is 1. The molecular weight excluding hydrogens is 280 g/mol. The number of benzene rings is 1. The second kappa shape index (κ2) is 6.72. The van der Waals surface area contributed by atoms with Crippen LogP contribution >= 0.6 is 11.6 Å². The molecule has 108 valence electrons. The van der Waals surface area contributed by atoms with Crippen molar-refractivity contribution >= 4 is 29.2 Å². The van der Waals surface area contributed by atoms with Crippen molar-refractivity contribution in [2.75, 3.05) is 18.4 Å². The minimum Gasteiger partial charge on any atom is -0.481 e. The maximum absolute atomic E-state index is 12.3. The molecule has 1 aliphatic heterocycles. The van der Waals surface area contributed by atoms with Crippen molar-refractivity contribution in [2.24, 2.45) is 0 Å². The fourth-order valence-electron chi connectivity index (χ4n) is 2.37. The monoisotopic (exact) mass is 296 g/mol. The highest BCUT2D eigenvalue weighted by atomic mass is 35.5. The number of nitrogens with one attached hydrogen (secondary N) is 1. The molecule has 1 amide bonds. The Morgan fingerprint density at radius 2 is 1.85 bits per heavy atom. The molecule has 0 unspecified atom stereocenters. The molecule has 5 nitrogen and oxygen atoms in total. The van der Waals surface area contributed by atoms with Crippen molar-refractivity contribution in [2.45, 2.75) is 25.3 Å². The van der Waals surface area contributed by atoms with E-state index >= 15 is 0 Å². The lowest BCUT2D eigenvalue weighted by atomic mass is 10.1. The molecule has 0 bridgehead atoms. The van der Waals surface area contributed by atoms with Crippen molar-refractivity contribution in [3.05, 3.63) is 29.3 Å². The van der Waals surface area contributed by atoms with Gasteiger partial charge in [0, 0.05) is 10.7 Å². The van der Waals surface area contributed by atoms with Gasteiger partial charge in [0.25, 0.3) is 0 Å². The van der Waals surface area contributed by atoms with Crippen molar-refractivity contribution < 1.29 is 14.7 Å². The van der Waals surface area contributed by atoms with Gasteiger partial charge in [0.1, 0.15) is 6.04 Å². The molecule has 2 N–H and O–H groups in total. The Kier molecular flexibility index (Phi) is 4.98. The first kappa shape index (κ1) is 14.8. The lowest BCUT2D eigenvalue weighted by molar-refractivity contribution is -0.140. The number of carboxylic acids is 1. The highest BCUT2D eigenvalue weighted by Crippen LogP contribution is 2.18. The smallest absolute Gasteiger partial charge is 0.305 e. The van der Waals surface area contributed by atoms with Gasteiger partial charge >= 0.3 is 5.97 Å². The van der Waals surface area contributed by atoms with Gasteiger partial charge in [0.15, 0.2) is 0 Å². The summed E-state index contributed by atoms with van der Waals surface area (Å²) in [6, 6.07) is 6.13. The van der Waals surface area contributed by atoms with E-state index in [4.69, 9.17) is 16.7 Å². The van der Waals surface area contributed by atoms with Crippen LogP contribution in [0.15, 0.2) is 24.3 Å². The van der Waals surface area contributed by atoms with Gasteiger partial charge in [-0.15, -0.1) is 0 Å². The number of aliphatic carboxylic acids is 1. The number of carboxylic acid groups (broad SMARTS) is 1. The maximum atomic E-state index is 12.3. The normalized spacial score (nSPS) is 16.9. The van der Waals surface area contributed by atoms with Gasteiger partial charge in [-0.05, 0) is 50.2 Å². The zero-order valence-corrected chi connectivity index (χ0v) is 11.8. The Balaban J connectivity index is 2.05. The first-order valence-electron chi connectivity index (χ1n) is 6.58. The van der Waals surface area contributed by atoms with Crippen LogP contribution in [0.4, 0.5) is 5.69 Å². The summed E-state index contributed by atoms with van der Waals surface area (Å²) in [6.07, 6.45) is 1.83. The van der Waals surface area contributed by atoms with Crippen molar-refractivity contribution in [1.29, 1.82) is 0 Å². The van der Waals surface area contributed by atoms with E-state index in [1.807, 2.05) is 4.90 Å². The van der Waals surface area contributed by atoms with Crippen molar-refractivity contribution in [3.63, 3.8) is 0 Å². The van der Waals surface area contributed by atoms with Gasteiger partial charge in [-0.2, -0.15) is 0 Å². The number of rotatable bonds is 5. The van der Waals surface area contributed by atoms with Crippen LogP contribution in [0.5, 0.6) is 0 Å². The minimum atomic E-state index is -0.965. The molecule has 20 heavy (non-hydrogen) atoms. The predicted octanol–water partition coefficient (Wildman–Crippen LogP) is 2.22.